The van der Waals surface area contributed by atoms with Gasteiger partial charge in [0.25, 0.3) is 0 Å². The van der Waals surface area contributed by atoms with Crippen LogP contribution in [0.15, 0.2) is 78.4 Å². The molecule has 154 valence electrons. The van der Waals surface area contributed by atoms with E-state index in [9.17, 15) is 14.9 Å². The van der Waals surface area contributed by atoms with Gasteiger partial charge in [0.05, 0.1) is 22.6 Å². The Hall–Kier alpha value is -4.38. The van der Waals surface area contributed by atoms with Gasteiger partial charge in [-0.25, -0.2) is 9.48 Å². The minimum absolute atomic E-state index is 0.0666. The van der Waals surface area contributed by atoms with Gasteiger partial charge < -0.3 is 14.5 Å². The molecular weight excluding hydrogens is 394 g/mol. The quantitative estimate of drug-likeness (QED) is 0.361. The lowest BCUT2D eigenvalue weighted by atomic mass is 10.1. The molecule has 2 heterocycles. The monoisotopic (exact) mass is 413 g/mol. The van der Waals surface area contributed by atoms with Crippen molar-refractivity contribution in [3.63, 3.8) is 0 Å². The molecule has 1 aliphatic heterocycles. The summed E-state index contributed by atoms with van der Waals surface area (Å²) in [6.07, 6.45) is 3.45. The Kier molecular flexibility index (Phi) is 5.24. The third-order valence-corrected chi connectivity index (χ3v) is 5.06. The van der Waals surface area contributed by atoms with Crippen molar-refractivity contribution in [1.29, 1.82) is 5.26 Å². The largest absolute Gasteiger partial charge is 0.454 e. The Balaban J connectivity index is 1.47. The number of ketones is 1. The van der Waals surface area contributed by atoms with E-state index in [0.717, 1.165) is 17.1 Å². The number of anilines is 2. The number of carbonyl (C=O) groups is 2. The maximum atomic E-state index is 12.7. The van der Waals surface area contributed by atoms with E-state index in [-0.39, 0.29) is 5.57 Å². The first-order chi connectivity index (χ1) is 15.0. The number of hydrogen-bond acceptors (Lipinski definition) is 7. The number of esters is 1. The lowest BCUT2D eigenvalue weighted by Crippen LogP contribution is -2.27. The minimum atomic E-state index is -0.640. The molecule has 0 saturated heterocycles. The molecule has 0 radical (unpaired) electrons. The third kappa shape index (κ3) is 3.65. The van der Waals surface area contributed by atoms with Gasteiger partial charge in [-0.1, -0.05) is 12.1 Å². The summed E-state index contributed by atoms with van der Waals surface area (Å²) in [5.41, 5.74) is 2.80. The van der Waals surface area contributed by atoms with Gasteiger partial charge in [-0.2, -0.15) is 10.4 Å². The highest BCUT2D eigenvalue weighted by atomic mass is 16.5. The molecular formula is C23H19N5O3. The van der Waals surface area contributed by atoms with Gasteiger partial charge in [0.1, 0.15) is 17.5 Å². The summed E-state index contributed by atoms with van der Waals surface area (Å²) >= 11 is 0. The Labute approximate surface area is 179 Å². The van der Waals surface area contributed by atoms with Crippen LogP contribution in [0.4, 0.5) is 11.4 Å². The van der Waals surface area contributed by atoms with E-state index in [0.29, 0.717) is 11.4 Å². The number of benzene rings is 2. The molecule has 0 atom stereocenters. The van der Waals surface area contributed by atoms with Crippen LogP contribution in [0.25, 0.3) is 5.69 Å². The summed E-state index contributed by atoms with van der Waals surface area (Å²) in [6.45, 7) is -0.524. The zero-order valence-corrected chi connectivity index (χ0v) is 17.0. The van der Waals surface area contributed by atoms with Gasteiger partial charge in [-0.15, -0.1) is 0 Å². The fourth-order valence-electron chi connectivity index (χ4n) is 3.52. The van der Waals surface area contributed by atoms with Gasteiger partial charge >= 0.3 is 5.97 Å². The van der Waals surface area contributed by atoms with E-state index in [1.165, 1.54) is 0 Å². The molecule has 0 unspecified atom stereocenters. The van der Waals surface area contributed by atoms with Crippen LogP contribution in [0.3, 0.4) is 0 Å². The summed E-state index contributed by atoms with van der Waals surface area (Å²) in [5, 5.41) is 13.8. The average molecular weight is 413 g/mol. The van der Waals surface area contributed by atoms with Crippen molar-refractivity contribution in [1.82, 2.24) is 9.78 Å². The Morgan fingerprint density at radius 1 is 1.00 bits per heavy atom. The number of Topliss-reactive ketones (excluding diaryl/α,β-unsaturated/α-hetero) is 1. The van der Waals surface area contributed by atoms with E-state index in [1.807, 2.05) is 30.3 Å². The molecule has 0 amide bonds. The summed E-state index contributed by atoms with van der Waals surface area (Å²) in [4.78, 5) is 28.7. The standard InChI is InChI=1S/C23H19N5O3/c1-26-19-6-3-4-7-20(19)27(2)22(26)18(14-24)21(29)15-31-23(30)16-8-10-17(11-9-16)28-13-5-12-25-28/h3-13H,15H2,1-2H3. The van der Waals surface area contributed by atoms with Crippen LogP contribution in [0.2, 0.25) is 0 Å². The van der Waals surface area contributed by atoms with Crippen molar-refractivity contribution in [3.8, 4) is 11.8 Å². The maximum Gasteiger partial charge on any atom is 0.338 e. The van der Waals surface area contributed by atoms with Crippen LogP contribution < -0.4 is 9.80 Å². The highest BCUT2D eigenvalue weighted by Crippen LogP contribution is 2.40. The van der Waals surface area contributed by atoms with E-state index in [1.54, 1.807) is 71.3 Å². The van der Waals surface area contributed by atoms with Crippen LogP contribution in [0.5, 0.6) is 0 Å². The number of fused-ring (bicyclic) bond motifs is 1. The predicted octanol–water partition coefficient (Wildman–Crippen LogP) is 2.92. The molecule has 4 rings (SSSR count). The zero-order chi connectivity index (χ0) is 22.0. The minimum Gasteiger partial charge on any atom is -0.454 e. The molecule has 0 bridgehead atoms. The number of nitrogens with zero attached hydrogens (tertiary/aromatic N) is 5. The smallest absolute Gasteiger partial charge is 0.338 e. The van der Waals surface area contributed by atoms with Gasteiger partial charge in [0, 0.05) is 26.5 Å². The second kappa shape index (κ2) is 8.16. The van der Waals surface area contributed by atoms with Crippen molar-refractivity contribution in [2.24, 2.45) is 0 Å². The summed E-state index contributed by atoms with van der Waals surface area (Å²) in [6, 6.07) is 18.0. The van der Waals surface area contributed by atoms with Gasteiger partial charge in [0.15, 0.2) is 6.61 Å². The molecule has 8 heteroatoms. The summed E-state index contributed by atoms with van der Waals surface area (Å²) in [7, 11) is 3.57. The second-order valence-electron chi connectivity index (χ2n) is 6.91. The number of hydrogen-bond donors (Lipinski definition) is 0. The van der Waals surface area contributed by atoms with Gasteiger partial charge in [0.2, 0.25) is 5.78 Å². The zero-order valence-electron chi connectivity index (χ0n) is 17.0. The average Bonchev–Trinajstić information content (AvgIpc) is 3.42. The van der Waals surface area contributed by atoms with E-state index >= 15 is 0 Å². The first-order valence-electron chi connectivity index (χ1n) is 9.52. The van der Waals surface area contributed by atoms with E-state index < -0.39 is 18.4 Å². The van der Waals surface area contributed by atoms with Crippen molar-refractivity contribution in [2.45, 2.75) is 0 Å². The first kappa shape index (κ1) is 19.9. The summed E-state index contributed by atoms with van der Waals surface area (Å²) in [5.74, 6) is -0.752. The molecule has 1 aliphatic rings. The fourth-order valence-corrected chi connectivity index (χ4v) is 3.52. The molecule has 0 aliphatic carbocycles. The van der Waals surface area contributed by atoms with E-state index in [4.69, 9.17) is 4.74 Å². The second-order valence-corrected chi connectivity index (χ2v) is 6.91. The fraction of sp³-hybridized carbons (Fsp3) is 0.130. The van der Waals surface area contributed by atoms with Crippen LogP contribution in [0.1, 0.15) is 10.4 Å². The van der Waals surface area contributed by atoms with Crippen LogP contribution in [-0.4, -0.2) is 42.2 Å². The lowest BCUT2D eigenvalue weighted by molar-refractivity contribution is -0.118. The van der Waals surface area contributed by atoms with Gasteiger partial charge in [-0.3, -0.25) is 4.79 Å². The lowest BCUT2D eigenvalue weighted by Gasteiger charge is -2.19. The number of para-hydroxylation sites is 2. The van der Waals surface area contributed by atoms with E-state index in [2.05, 4.69) is 5.10 Å². The molecule has 2 aromatic carbocycles. The highest BCUT2D eigenvalue weighted by molar-refractivity contribution is 6.04. The molecule has 8 nitrogen and oxygen atoms in total. The highest BCUT2D eigenvalue weighted by Gasteiger charge is 2.31. The molecule has 1 aromatic heterocycles. The van der Waals surface area contributed by atoms with Crippen molar-refractivity contribution in [3.05, 3.63) is 83.9 Å². The molecule has 0 fully saturated rings. The Bertz CT molecular complexity index is 1180. The van der Waals surface area contributed by atoms with Crippen LogP contribution in [0, 0.1) is 11.3 Å². The number of aromatic nitrogens is 2. The first-order valence-corrected chi connectivity index (χ1v) is 9.52. The maximum absolute atomic E-state index is 12.7. The van der Waals surface area contributed by atoms with Crippen molar-refractivity contribution >= 4 is 23.1 Å². The summed E-state index contributed by atoms with van der Waals surface area (Å²) < 4.78 is 6.84. The topological polar surface area (TPSA) is 91.5 Å². The molecule has 0 saturated carbocycles. The molecule has 31 heavy (non-hydrogen) atoms. The predicted molar refractivity (Wildman–Crippen MR) is 115 cm³/mol. The molecule has 0 N–H and O–H groups in total. The number of carbonyl (C=O) groups excluding carboxylic acids is 2. The van der Waals surface area contributed by atoms with Crippen molar-refractivity contribution in [2.75, 3.05) is 30.5 Å². The number of ether oxygens (including phenoxy) is 1. The number of nitriles is 1. The van der Waals surface area contributed by atoms with Crippen LogP contribution >= 0.6 is 0 Å². The SMILES string of the molecule is CN1C(=C(C#N)C(=O)COC(=O)c2ccc(-n3cccn3)cc2)N(C)c2ccccc21. The van der Waals surface area contributed by atoms with Crippen LogP contribution in [-0.2, 0) is 9.53 Å². The third-order valence-electron chi connectivity index (χ3n) is 5.06. The Morgan fingerprint density at radius 2 is 1.65 bits per heavy atom. The van der Waals surface area contributed by atoms with Gasteiger partial charge in [-0.05, 0) is 42.5 Å². The Morgan fingerprint density at radius 3 is 2.19 bits per heavy atom. The molecule has 0 spiro atoms. The molecule has 3 aromatic rings. The normalized spacial score (nSPS) is 12.4. The van der Waals surface area contributed by atoms with Crippen molar-refractivity contribution < 1.29 is 14.3 Å². The number of rotatable bonds is 5.